The van der Waals surface area contributed by atoms with Crippen LogP contribution in [0.3, 0.4) is 0 Å². The lowest BCUT2D eigenvalue weighted by Crippen LogP contribution is -2.23. The number of rotatable bonds is 4. The second-order valence-corrected chi connectivity index (χ2v) is 2.97. The summed E-state index contributed by atoms with van der Waals surface area (Å²) in [7, 11) is 0. The lowest BCUT2D eigenvalue weighted by atomic mass is 10.3. The topological polar surface area (TPSA) is 89.7 Å². The fourth-order valence-electron chi connectivity index (χ4n) is 0.940. The Kier molecular flexibility index (Phi) is 3.39. The molecule has 0 aliphatic rings. The molecule has 1 rings (SSSR count). The Balaban J connectivity index is 2.91. The summed E-state index contributed by atoms with van der Waals surface area (Å²) < 4.78 is 18.0. The molecule has 0 unspecified atom stereocenters. The van der Waals surface area contributed by atoms with E-state index in [4.69, 9.17) is 9.84 Å². The molecule has 0 bridgehead atoms. The van der Waals surface area contributed by atoms with E-state index in [9.17, 15) is 19.3 Å². The maximum atomic E-state index is 13.2. The minimum Gasteiger partial charge on any atom is -0.479 e. The minimum absolute atomic E-state index is 0.333. The second kappa shape index (κ2) is 4.56. The Labute approximate surface area is 89.4 Å². The van der Waals surface area contributed by atoms with Crippen molar-refractivity contribution in [1.29, 1.82) is 0 Å². The first-order chi connectivity index (χ1) is 7.41. The van der Waals surface area contributed by atoms with Gasteiger partial charge in [0, 0.05) is 6.07 Å². The van der Waals surface area contributed by atoms with Crippen molar-refractivity contribution in [3.05, 3.63) is 34.1 Å². The quantitative estimate of drug-likeness (QED) is 0.625. The predicted molar refractivity (Wildman–Crippen MR) is 50.8 cm³/mol. The van der Waals surface area contributed by atoms with Gasteiger partial charge in [-0.15, -0.1) is 0 Å². The minimum atomic E-state index is -1.25. The molecule has 0 spiro atoms. The van der Waals surface area contributed by atoms with Gasteiger partial charge in [-0.3, -0.25) is 10.1 Å². The Bertz CT molecular complexity index is 434. The number of hydrogen-bond acceptors (Lipinski definition) is 4. The molecular formula is C9H8FNO5. The highest BCUT2D eigenvalue weighted by Gasteiger charge is 2.17. The summed E-state index contributed by atoms with van der Waals surface area (Å²) in [6.45, 7) is 1.23. The first-order valence-corrected chi connectivity index (χ1v) is 4.25. The molecule has 1 atom stereocenters. The summed E-state index contributed by atoms with van der Waals surface area (Å²) >= 11 is 0. The van der Waals surface area contributed by atoms with Crippen LogP contribution in [0.1, 0.15) is 6.92 Å². The molecule has 86 valence electrons. The molecule has 0 saturated heterocycles. The van der Waals surface area contributed by atoms with Crippen LogP contribution in [0.4, 0.5) is 10.1 Å². The Morgan fingerprint density at radius 3 is 2.69 bits per heavy atom. The highest BCUT2D eigenvalue weighted by Crippen LogP contribution is 2.23. The number of halogens is 1. The van der Waals surface area contributed by atoms with Crippen molar-refractivity contribution in [2.45, 2.75) is 13.0 Å². The van der Waals surface area contributed by atoms with Crippen molar-refractivity contribution in [2.75, 3.05) is 0 Å². The molecule has 16 heavy (non-hydrogen) atoms. The van der Waals surface area contributed by atoms with E-state index in [0.717, 1.165) is 12.1 Å². The first-order valence-electron chi connectivity index (χ1n) is 4.25. The van der Waals surface area contributed by atoms with Gasteiger partial charge in [0.05, 0.1) is 11.0 Å². The number of nitro groups is 1. The van der Waals surface area contributed by atoms with E-state index in [0.29, 0.717) is 6.07 Å². The number of nitro benzene ring substituents is 1. The van der Waals surface area contributed by atoms with E-state index in [2.05, 4.69) is 0 Å². The molecule has 0 fully saturated rings. The molecule has 6 nitrogen and oxygen atoms in total. The number of nitrogens with zero attached hydrogens (tertiary/aromatic N) is 1. The molecule has 0 amide bonds. The van der Waals surface area contributed by atoms with Crippen LogP contribution in [0.15, 0.2) is 18.2 Å². The average molecular weight is 229 g/mol. The second-order valence-electron chi connectivity index (χ2n) is 2.97. The Morgan fingerprint density at radius 1 is 1.62 bits per heavy atom. The zero-order valence-corrected chi connectivity index (χ0v) is 8.21. The number of hydrogen-bond donors (Lipinski definition) is 1. The Morgan fingerprint density at radius 2 is 2.25 bits per heavy atom. The lowest BCUT2D eigenvalue weighted by Gasteiger charge is -2.10. The third-order valence-electron chi connectivity index (χ3n) is 1.78. The van der Waals surface area contributed by atoms with E-state index in [1.807, 2.05) is 0 Å². The smallest absolute Gasteiger partial charge is 0.344 e. The maximum absolute atomic E-state index is 13.2. The molecule has 1 aromatic carbocycles. The summed E-state index contributed by atoms with van der Waals surface area (Å²) in [6.07, 6.45) is -1.23. The van der Waals surface area contributed by atoms with Crippen molar-refractivity contribution in [1.82, 2.24) is 0 Å². The molecule has 7 heteroatoms. The fraction of sp³-hybridized carbons (Fsp3) is 0.222. The van der Waals surface area contributed by atoms with Crippen molar-refractivity contribution < 1.29 is 24.0 Å². The number of carbonyl (C=O) groups is 1. The molecule has 0 aliphatic heterocycles. The molecule has 0 aromatic heterocycles. The molecule has 0 radical (unpaired) electrons. The van der Waals surface area contributed by atoms with Crippen LogP contribution >= 0.6 is 0 Å². The fourth-order valence-corrected chi connectivity index (χ4v) is 0.940. The van der Waals surface area contributed by atoms with Crippen LogP contribution in [-0.2, 0) is 4.79 Å². The molecule has 0 heterocycles. The predicted octanol–water partition coefficient (Wildman–Crippen LogP) is 1.59. The van der Waals surface area contributed by atoms with Crippen molar-refractivity contribution in [2.24, 2.45) is 0 Å². The Hall–Kier alpha value is -2.18. The lowest BCUT2D eigenvalue weighted by molar-refractivity contribution is -0.385. The van der Waals surface area contributed by atoms with E-state index in [-0.39, 0.29) is 5.75 Å². The van der Waals surface area contributed by atoms with E-state index in [1.54, 1.807) is 0 Å². The van der Waals surface area contributed by atoms with E-state index < -0.39 is 28.5 Å². The van der Waals surface area contributed by atoms with E-state index in [1.165, 1.54) is 6.92 Å². The van der Waals surface area contributed by atoms with Crippen LogP contribution in [-0.4, -0.2) is 22.1 Å². The highest BCUT2D eigenvalue weighted by atomic mass is 19.1. The standard InChI is InChI=1S/C9H8FNO5/c1-5(9(12)13)16-8-3-2-6(11(14)15)4-7(8)10/h2-5H,1H3,(H,12,13)/t5-/m0/s1. The van der Waals surface area contributed by atoms with Crippen molar-refractivity contribution in [3.8, 4) is 5.75 Å². The van der Waals surface area contributed by atoms with Crippen molar-refractivity contribution >= 4 is 11.7 Å². The summed E-state index contributed by atoms with van der Waals surface area (Å²) in [4.78, 5) is 20.0. The van der Waals surface area contributed by atoms with Crippen LogP contribution in [0.25, 0.3) is 0 Å². The van der Waals surface area contributed by atoms with Crippen molar-refractivity contribution in [3.63, 3.8) is 0 Å². The number of aliphatic carboxylic acids is 1. The summed E-state index contributed by atoms with van der Waals surface area (Å²) in [5.41, 5.74) is -0.423. The first kappa shape index (κ1) is 11.9. The number of non-ortho nitro benzene ring substituents is 1. The van der Waals surface area contributed by atoms with Crippen LogP contribution in [0, 0.1) is 15.9 Å². The van der Waals surface area contributed by atoms with Gasteiger partial charge in [0.25, 0.3) is 5.69 Å². The van der Waals surface area contributed by atoms with Gasteiger partial charge in [-0.1, -0.05) is 0 Å². The largest absolute Gasteiger partial charge is 0.479 e. The molecule has 0 saturated carbocycles. The summed E-state index contributed by atoms with van der Waals surface area (Å²) in [5, 5.41) is 18.8. The third kappa shape index (κ3) is 2.66. The number of ether oxygens (including phenoxy) is 1. The molecule has 0 aliphatic carbocycles. The van der Waals surface area contributed by atoms with Gasteiger partial charge in [-0.25, -0.2) is 9.18 Å². The van der Waals surface area contributed by atoms with E-state index >= 15 is 0 Å². The van der Waals surface area contributed by atoms with Gasteiger partial charge in [0.2, 0.25) is 0 Å². The zero-order valence-electron chi connectivity index (χ0n) is 8.21. The number of benzene rings is 1. The summed E-state index contributed by atoms with van der Waals surface area (Å²) in [6, 6.07) is 2.73. The van der Waals surface area contributed by atoms with Crippen LogP contribution in [0.2, 0.25) is 0 Å². The van der Waals surface area contributed by atoms with Gasteiger partial charge in [0.1, 0.15) is 0 Å². The maximum Gasteiger partial charge on any atom is 0.344 e. The van der Waals surface area contributed by atoms with Gasteiger partial charge < -0.3 is 9.84 Å². The van der Waals surface area contributed by atoms with Gasteiger partial charge >= 0.3 is 5.97 Å². The zero-order chi connectivity index (χ0) is 12.3. The van der Waals surface area contributed by atoms with Gasteiger partial charge in [0.15, 0.2) is 17.7 Å². The normalized spacial score (nSPS) is 11.9. The van der Waals surface area contributed by atoms with Crippen LogP contribution in [0.5, 0.6) is 5.75 Å². The molecule has 1 aromatic rings. The number of carboxylic acids is 1. The van der Waals surface area contributed by atoms with Gasteiger partial charge in [-0.05, 0) is 13.0 Å². The third-order valence-corrected chi connectivity index (χ3v) is 1.78. The molecular weight excluding hydrogens is 221 g/mol. The number of carboxylic acid groups (broad SMARTS) is 1. The van der Waals surface area contributed by atoms with Crippen LogP contribution < -0.4 is 4.74 Å². The highest BCUT2D eigenvalue weighted by molar-refractivity contribution is 5.72. The monoisotopic (exact) mass is 229 g/mol. The van der Waals surface area contributed by atoms with Gasteiger partial charge in [-0.2, -0.15) is 0 Å². The summed E-state index contributed by atoms with van der Waals surface area (Å²) in [5.74, 6) is -2.56. The SMILES string of the molecule is C[C@H](Oc1ccc([N+](=O)[O-])cc1F)C(=O)O. The average Bonchev–Trinajstić information content (AvgIpc) is 2.20. The molecule has 1 N–H and O–H groups in total.